The first-order valence-corrected chi connectivity index (χ1v) is 8.70. The first kappa shape index (κ1) is 15.2. The quantitative estimate of drug-likeness (QED) is 0.701. The van der Waals surface area contributed by atoms with Crippen molar-refractivity contribution in [3.8, 4) is 5.69 Å². The van der Waals surface area contributed by atoms with Gasteiger partial charge >= 0.3 is 5.69 Å². The van der Waals surface area contributed by atoms with E-state index in [0.29, 0.717) is 17.1 Å². The van der Waals surface area contributed by atoms with Gasteiger partial charge in [0.2, 0.25) is 5.95 Å². The maximum Gasteiger partial charge on any atom is 0.332 e. The Morgan fingerprint density at radius 1 is 1.17 bits per heavy atom. The zero-order valence-corrected chi connectivity index (χ0v) is 14.3. The van der Waals surface area contributed by atoms with E-state index in [1.807, 2.05) is 21.4 Å². The Morgan fingerprint density at radius 2 is 1.92 bits per heavy atom. The zero-order chi connectivity index (χ0) is 16.8. The van der Waals surface area contributed by atoms with E-state index in [0.717, 1.165) is 36.4 Å². The van der Waals surface area contributed by atoms with Crippen molar-refractivity contribution >= 4 is 28.4 Å². The molecule has 4 rings (SSSR count). The van der Waals surface area contributed by atoms with E-state index in [1.54, 1.807) is 18.4 Å². The summed E-state index contributed by atoms with van der Waals surface area (Å²) in [7, 11) is 3.15. The van der Waals surface area contributed by atoms with Crippen LogP contribution in [0.2, 0.25) is 0 Å². The van der Waals surface area contributed by atoms with Gasteiger partial charge in [-0.05, 0) is 11.4 Å². The number of piperazine rings is 1. The number of hydrogen-bond donors (Lipinski definition) is 1. The van der Waals surface area contributed by atoms with Crippen LogP contribution in [0.25, 0.3) is 16.9 Å². The summed E-state index contributed by atoms with van der Waals surface area (Å²) in [6.45, 7) is 3.34. The lowest BCUT2D eigenvalue weighted by Gasteiger charge is -2.28. The van der Waals surface area contributed by atoms with Gasteiger partial charge in [0.15, 0.2) is 11.2 Å². The number of imidazole rings is 1. The molecule has 24 heavy (non-hydrogen) atoms. The third kappa shape index (κ3) is 2.12. The van der Waals surface area contributed by atoms with Crippen molar-refractivity contribution in [2.24, 2.45) is 14.1 Å². The highest BCUT2D eigenvalue weighted by Gasteiger charge is 2.24. The lowest BCUT2D eigenvalue weighted by atomic mass is 10.4. The molecule has 0 aliphatic carbocycles. The summed E-state index contributed by atoms with van der Waals surface area (Å²) in [5, 5.41) is 7.27. The fraction of sp³-hybridized carbons (Fsp3) is 0.400. The summed E-state index contributed by atoms with van der Waals surface area (Å²) in [6, 6.07) is 1.96. The molecule has 3 aromatic heterocycles. The number of aromatic nitrogens is 4. The smallest absolute Gasteiger partial charge is 0.332 e. The SMILES string of the molecule is Cn1c(=O)c2c(nc(N3CCNCC3)n2-c2ccsc2)n(C)c1=O. The Bertz CT molecular complexity index is 1010. The summed E-state index contributed by atoms with van der Waals surface area (Å²) in [4.78, 5) is 31.8. The van der Waals surface area contributed by atoms with E-state index in [2.05, 4.69) is 15.2 Å². The number of hydrogen-bond acceptors (Lipinski definition) is 6. The first-order chi connectivity index (χ1) is 11.6. The van der Waals surface area contributed by atoms with Crippen LogP contribution >= 0.6 is 11.3 Å². The minimum absolute atomic E-state index is 0.326. The van der Waals surface area contributed by atoms with Crippen LogP contribution in [-0.4, -0.2) is 44.9 Å². The highest BCUT2D eigenvalue weighted by Crippen LogP contribution is 2.26. The standard InChI is InChI=1S/C15H18N6O2S/c1-18-12-11(13(22)19(2)15(18)23)21(10-3-8-24-9-10)14(17-12)20-6-4-16-5-7-20/h3,8-9,16H,4-7H2,1-2H3. The number of nitrogens with zero attached hydrogens (tertiary/aromatic N) is 5. The predicted molar refractivity (Wildman–Crippen MR) is 94.5 cm³/mol. The number of anilines is 1. The molecule has 1 saturated heterocycles. The summed E-state index contributed by atoms with van der Waals surface area (Å²) < 4.78 is 4.44. The van der Waals surface area contributed by atoms with Gasteiger partial charge in [0.1, 0.15) is 0 Å². The van der Waals surface area contributed by atoms with Crippen molar-refractivity contribution in [2.45, 2.75) is 0 Å². The average molecular weight is 346 g/mol. The Hall–Kier alpha value is -2.39. The van der Waals surface area contributed by atoms with E-state index in [1.165, 1.54) is 11.6 Å². The van der Waals surface area contributed by atoms with Crippen LogP contribution in [0.4, 0.5) is 5.95 Å². The monoisotopic (exact) mass is 346 g/mol. The van der Waals surface area contributed by atoms with E-state index < -0.39 is 0 Å². The Kier molecular flexibility index (Phi) is 3.54. The molecule has 0 bridgehead atoms. The molecule has 0 spiro atoms. The summed E-state index contributed by atoms with van der Waals surface area (Å²) in [5.41, 5.74) is 1.06. The topological polar surface area (TPSA) is 77.1 Å². The number of rotatable bonds is 2. The van der Waals surface area contributed by atoms with Gasteiger partial charge in [-0.2, -0.15) is 16.3 Å². The second-order valence-corrected chi connectivity index (χ2v) is 6.62. The predicted octanol–water partition coefficient (Wildman–Crippen LogP) is -0.106. The Morgan fingerprint density at radius 3 is 2.58 bits per heavy atom. The van der Waals surface area contributed by atoms with Crippen molar-refractivity contribution < 1.29 is 0 Å². The number of fused-ring (bicyclic) bond motifs is 1. The molecule has 3 aromatic rings. The molecule has 0 saturated carbocycles. The van der Waals surface area contributed by atoms with Gasteiger partial charge in [-0.25, -0.2) is 4.79 Å². The van der Waals surface area contributed by atoms with Gasteiger partial charge in [0.05, 0.1) is 5.69 Å². The van der Waals surface area contributed by atoms with Crippen molar-refractivity contribution in [3.05, 3.63) is 37.7 Å². The number of thiophene rings is 1. The maximum atomic E-state index is 12.8. The Labute approximate surface area is 141 Å². The van der Waals surface area contributed by atoms with E-state index in [4.69, 9.17) is 0 Å². The first-order valence-electron chi connectivity index (χ1n) is 7.76. The lowest BCUT2D eigenvalue weighted by Crippen LogP contribution is -2.44. The molecule has 0 atom stereocenters. The van der Waals surface area contributed by atoms with Crippen LogP contribution in [0.5, 0.6) is 0 Å². The maximum absolute atomic E-state index is 12.8. The minimum atomic E-state index is -0.366. The molecule has 126 valence electrons. The Balaban J connectivity index is 2.10. The van der Waals surface area contributed by atoms with Gasteiger partial charge in [-0.1, -0.05) is 0 Å². The van der Waals surface area contributed by atoms with E-state index in [-0.39, 0.29) is 11.2 Å². The molecule has 1 aliphatic rings. The van der Waals surface area contributed by atoms with E-state index >= 15 is 0 Å². The summed E-state index contributed by atoms with van der Waals surface area (Å²) >= 11 is 1.56. The lowest BCUT2D eigenvalue weighted by molar-refractivity contribution is 0.578. The number of nitrogens with one attached hydrogen (secondary N) is 1. The molecular weight excluding hydrogens is 328 g/mol. The summed E-state index contributed by atoms with van der Waals surface area (Å²) in [5.74, 6) is 0.711. The molecule has 1 fully saturated rings. The van der Waals surface area contributed by atoms with Gasteiger partial charge < -0.3 is 10.2 Å². The van der Waals surface area contributed by atoms with Crippen LogP contribution in [0.15, 0.2) is 26.4 Å². The number of aryl methyl sites for hydroxylation is 1. The van der Waals surface area contributed by atoms with Crippen molar-refractivity contribution in [2.75, 3.05) is 31.1 Å². The molecule has 0 unspecified atom stereocenters. The van der Waals surface area contributed by atoms with Crippen LogP contribution < -0.4 is 21.5 Å². The third-order valence-corrected chi connectivity index (χ3v) is 5.08. The fourth-order valence-corrected chi connectivity index (χ4v) is 3.71. The molecule has 0 amide bonds. The van der Waals surface area contributed by atoms with Gasteiger partial charge in [-0.3, -0.25) is 18.5 Å². The summed E-state index contributed by atoms with van der Waals surface area (Å²) in [6.07, 6.45) is 0. The molecule has 1 N–H and O–H groups in total. The van der Waals surface area contributed by atoms with E-state index in [9.17, 15) is 9.59 Å². The molecule has 9 heteroatoms. The van der Waals surface area contributed by atoms with Gasteiger partial charge in [0.25, 0.3) is 5.56 Å². The second kappa shape index (κ2) is 5.60. The van der Waals surface area contributed by atoms with Crippen molar-refractivity contribution in [3.63, 3.8) is 0 Å². The van der Waals surface area contributed by atoms with Crippen molar-refractivity contribution in [1.82, 2.24) is 24.0 Å². The normalized spacial score (nSPS) is 15.3. The van der Waals surface area contributed by atoms with Crippen molar-refractivity contribution in [1.29, 1.82) is 0 Å². The van der Waals surface area contributed by atoms with Crippen LogP contribution in [-0.2, 0) is 14.1 Å². The van der Waals surface area contributed by atoms with Crippen LogP contribution in [0.3, 0.4) is 0 Å². The molecule has 1 aliphatic heterocycles. The highest BCUT2D eigenvalue weighted by atomic mass is 32.1. The zero-order valence-electron chi connectivity index (χ0n) is 13.5. The molecular formula is C15H18N6O2S. The van der Waals surface area contributed by atoms with Crippen LogP contribution in [0, 0.1) is 0 Å². The fourth-order valence-electron chi connectivity index (χ4n) is 3.09. The average Bonchev–Trinajstić information content (AvgIpc) is 3.26. The second-order valence-electron chi connectivity index (χ2n) is 5.84. The van der Waals surface area contributed by atoms with Gasteiger partial charge in [-0.15, -0.1) is 0 Å². The molecule has 0 radical (unpaired) electrons. The molecule has 4 heterocycles. The van der Waals surface area contributed by atoms with Gasteiger partial charge in [0, 0.05) is 45.7 Å². The minimum Gasteiger partial charge on any atom is -0.339 e. The molecule has 8 nitrogen and oxygen atoms in total. The third-order valence-electron chi connectivity index (χ3n) is 4.40. The largest absolute Gasteiger partial charge is 0.339 e. The molecule has 0 aromatic carbocycles. The van der Waals surface area contributed by atoms with Crippen LogP contribution in [0.1, 0.15) is 0 Å². The highest BCUT2D eigenvalue weighted by molar-refractivity contribution is 7.08.